The van der Waals surface area contributed by atoms with Gasteiger partial charge in [0.2, 0.25) is 0 Å². The highest BCUT2D eigenvalue weighted by Crippen LogP contribution is 2.33. The van der Waals surface area contributed by atoms with Crippen molar-refractivity contribution in [2.75, 3.05) is 7.11 Å². The van der Waals surface area contributed by atoms with Crippen molar-refractivity contribution in [2.45, 2.75) is 13.8 Å². The van der Waals surface area contributed by atoms with Gasteiger partial charge in [0.15, 0.2) is 11.0 Å². The van der Waals surface area contributed by atoms with Crippen molar-refractivity contribution in [2.24, 2.45) is 0 Å². The van der Waals surface area contributed by atoms with E-state index in [0.717, 1.165) is 11.3 Å². The Morgan fingerprint density at radius 3 is 2.56 bits per heavy atom. The van der Waals surface area contributed by atoms with Gasteiger partial charge in [-0.15, -0.1) is 10.2 Å². The molecule has 0 aliphatic heterocycles. The van der Waals surface area contributed by atoms with Crippen molar-refractivity contribution < 1.29 is 14.6 Å². The molecule has 0 saturated heterocycles. The zero-order chi connectivity index (χ0) is 18.1. The number of aryl methyl sites for hydroxylation is 1. The van der Waals surface area contributed by atoms with Crippen molar-refractivity contribution >= 4 is 17.6 Å². The highest BCUT2D eigenvalue weighted by molar-refractivity contribution is 6.29. The highest BCUT2D eigenvalue weighted by atomic mass is 35.5. The van der Waals surface area contributed by atoms with Crippen LogP contribution in [0.15, 0.2) is 30.3 Å². The molecule has 2 aromatic heterocycles. The van der Waals surface area contributed by atoms with Crippen LogP contribution >= 0.6 is 11.6 Å². The molecule has 2 heterocycles. The van der Waals surface area contributed by atoms with E-state index in [9.17, 15) is 9.90 Å². The SMILES string of the molecule is COc1ccc(-c2c(C)nn(-c3ccc(Cl)nn3)c2C)c(C(=O)O)c1. The largest absolute Gasteiger partial charge is 0.497 e. The number of ether oxygens (including phenoxy) is 1. The van der Waals surface area contributed by atoms with Gasteiger partial charge in [0, 0.05) is 11.1 Å². The van der Waals surface area contributed by atoms with Crippen LogP contribution in [0.4, 0.5) is 0 Å². The second-order valence-electron chi connectivity index (χ2n) is 5.39. The number of carbonyl (C=O) groups is 1. The highest BCUT2D eigenvalue weighted by Gasteiger charge is 2.21. The average Bonchev–Trinajstić information content (AvgIpc) is 2.89. The van der Waals surface area contributed by atoms with Crippen molar-refractivity contribution in [3.8, 4) is 22.7 Å². The predicted octanol–water partition coefficient (Wildman–Crippen LogP) is 3.31. The summed E-state index contributed by atoms with van der Waals surface area (Å²) >= 11 is 5.78. The summed E-state index contributed by atoms with van der Waals surface area (Å²) in [6.45, 7) is 3.67. The van der Waals surface area contributed by atoms with Crippen LogP contribution in [0.25, 0.3) is 16.9 Å². The van der Waals surface area contributed by atoms with Crippen molar-refractivity contribution in [3.05, 3.63) is 52.4 Å². The lowest BCUT2D eigenvalue weighted by atomic mass is 9.98. The minimum Gasteiger partial charge on any atom is -0.497 e. The van der Waals surface area contributed by atoms with Crippen LogP contribution in [0.2, 0.25) is 5.15 Å². The Balaban J connectivity index is 2.19. The number of methoxy groups -OCH3 is 1. The van der Waals surface area contributed by atoms with Gasteiger partial charge in [0.25, 0.3) is 0 Å². The number of aromatic carboxylic acids is 1. The topological polar surface area (TPSA) is 90.1 Å². The molecule has 0 aliphatic rings. The van der Waals surface area contributed by atoms with Crippen LogP contribution in [0.3, 0.4) is 0 Å². The van der Waals surface area contributed by atoms with Gasteiger partial charge < -0.3 is 9.84 Å². The van der Waals surface area contributed by atoms with Crippen LogP contribution < -0.4 is 4.74 Å². The molecule has 0 bridgehead atoms. The third-order valence-corrected chi connectivity index (χ3v) is 4.05. The molecule has 0 saturated carbocycles. The molecular formula is C17H15ClN4O3. The molecule has 0 unspecified atom stereocenters. The number of hydrogen-bond acceptors (Lipinski definition) is 5. The number of halogens is 1. The molecule has 0 radical (unpaired) electrons. The zero-order valence-electron chi connectivity index (χ0n) is 13.8. The fraction of sp³-hybridized carbons (Fsp3) is 0.176. The smallest absolute Gasteiger partial charge is 0.336 e. The minimum absolute atomic E-state index is 0.146. The summed E-state index contributed by atoms with van der Waals surface area (Å²) in [6.07, 6.45) is 0. The van der Waals surface area contributed by atoms with E-state index in [1.165, 1.54) is 13.2 Å². The number of rotatable bonds is 4. The number of aromatic nitrogens is 4. The van der Waals surface area contributed by atoms with E-state index in [1.54, 1.807) is 28.9 Å². The second kappa shape index (κ2) is 6.52. The molecule has 25 heavy (non-hydrogen) atoms. The Hall–Kier alpha value is -2.93. The summed E-state index contributed by atoms with van der Waals surface area (Å²) in [5, 5.41) is 22.2. The van der Waals surface area contributed by atoms with Crippen molar-refractivity contribution in [1.29, 1.82) is 0 Å². The summed E-state index contributed by atoms with van der Waals surface area (Å²) in [4.78, 5) is 11.7. The molecular weight excluding hydrogens is 344 g/mol. The average molecular weight is 359 g/mol. The minimum atomic E-state index is -1.04. The van der Waals surface area contributed by atoms with Crippen LogP contribution in [0, 0.1) is 13.8 Å². The Labute approximate surface area is 148 Å². The number of nitrogens with zero attached hydrogens (tertiary/aromatic N) is 4. The molecule has 0 atom stereocenters. The molecule has 0 aliphatic carbocycles. The molecule has 0 spiro atoms. The lowest BCUT2D eigenvalue weighted by molar-refractivity contribution is 0.0697. The molecule has 3 aromatic rings. The first kappa shape index (κ1) is 16.9. The standard InChI is InChI=1S/C17H15ClN4O3/c1-9-16(12-5-4-11(25-3)8-13(12)17(23)24)10(2)22(21-9)15-7-6-14(18)19-20-15/h4-8H,1-3H3,(H,23,24). The quantitative estimate of drug-likeness (QED) is 0.769. The van der Waals surface area contributed by atoms with Gasteiger partial charge in [-0.25, -0.2) is 9.48 Å². The van der Waals surface area contributed by atoms with E-state index in [-0.39, 0.29) is 10.7 Å². The maximum Gasteiger partial charge on any atom is 0.336 e. The third kappa shape index (κ3) is 3.06. The van der Waals surface area contributed by atoms with Crippen LogP contribution in [0.5, 0.6) is 5.75 Å². The van der Waals surface area contributed by atoms with Crippen molar-refractivity contribution in [3.63, 3.8) is 0 Å². The number of carboxylic acid groups (broad SMARTS) is 1. The van der Waals surface area contributed by atoms with Crippen LogP contribution in [-0.4, -0.2) is 38.2 Å². The van der Waals surface area contributed by atoms with Crippen molar-refractivity contribution in [1.82, 2.24) is 20.0 Å². The molecule has 0 amide bonds. The van der Waals surface area contributed by atoms with Crippen LogP contribution in [-0.2, 0) is 0 Å². The van der Waals surface area contributed by atoms with Gasteiger partial charge in [-0.05, 0) is 44.2 Å². The first-order chi connectivity index (χ1) is 11.9. The molecule has 8 heteroatoms. The Morgan fingerprint density at radius 2 is 1.96 bits per heavy atom. The zero-order valence-corrected chi connectivity index (χ0v) is 14.6. The lowest BCUT2D eigenvalue weighted by Gasteiger charge is -2.09. The van der Waals surface area contributed by atoms with E-state index in [1.807, 2.05) is 13.8 Å². The monoisotopic (exact) mass is 358 g/mol. The first-order valence-corrected chi connectivity index (χ1v) is 7.77. The molecule has 3 rings (SSSR count). The summed E-state index contributed by atoms with van der Waals surface area (Å²) < 4.78 is 6.74. The number of benzene rings is 1. The number of carboxylic acids is 1. The molecule has 0 fully saturated rings. The van der Waals surface area contributed by atoms with Gasteiger partial charge in [0.1, 0.15) is 5.75 Å². The van der Waals surface area contributed by atoms with Crippen LogP contribution in [0.1, 0.15) is 21.7 Å². The van der Waals surface area contributed by atoms with E-state index in [4.69, 9.17) is 16.3 Å². The summed E-state index contributed by atoms with van der Waals surface area (Å²) in [5.41, 5.74) is 2.88. The molecule has 1 aromatic carbocycles. The van der Waals surface area contributed by atoms with Gasteiger partial charge in [0.05, 0.1) is 24.1 Å². The molecule has 1 N–H and O–H groups in total. The van der Waals surface area contributed by atoms with Gasteiger partial charge in [-0.3, -0.25) is 0 Å². The Bertz CT molecular complexity index is 951. The van der Waals surface area contributed by atoms with Gasteiger partial charge in [-0.1, -0.05) is 11.6 Å². The second-order valence-corrected chi connectivity index (χ2v) is 5.78. The van der Waals surface area contributed by atoms with E-state index in [0.29, 0.717) is 22.8 Å². The van der Waals surface area contributed by atoms with Gasteiger partial charge >= 0.3 is 5.97 Å². The third-order valence-electron chi connectivity index (χ3n) is 3.85. The number of hydrogen-bond donors (Lipinski definition) is 1. The predicted molar refractivity (Wildman–Crippen MR) is 92.6 cm³/mol. The summed E-state index contributed by atoms with van der Waals surface area (Å²) in [6, 6.07) is 8.26. The van der Waals surface area contributed by atoms with E-state index >= 15 is 0 Å². The van der Waals surface area contributed by atoms with Gasteiger partial charge in [-0.2, -0.15) is 5.10 Å². The fourth-order valence-electron chi connectivity index (χ4n) is 2.72. The summed E-state index contributed by atoms with van der Waals surface area (Å²) in [7, 11) is 1.49. The Morgan fingerprint density at radius 1 is 1.20 bits per heavy atom. The van der Waals surface area contributed by atoms with E-state index in [2.05, 4.69) is 15.3 Å². The fourth-order valence-corrected chi connectivity index (χ4v) is 2.82. The van der Waals surface area contributed by atoms with E-state index < -0.39 is 5.97 Å². The Kier molecular flexibility index (Phi) is 4.41. The maximum absolute atomic E-state index is 11.7. The molecule has 128 valence electrons. The maximum atomic E-state index is 11.7. The normalized spacial score (nSPS) is 10.7. The molecule has 7 nitrogen and oxygen atoms in total. The summed E-state index contributed by atoms with van der Waals surface area (Å²) in [5.74, 6) is -0.0548. The lowest BCUT2D eigenvalue weighted by Crippen LogP contribution is -2.04. The first-order valence-electron chi connectivity index (χ1n) is 7.40.